The fourth-order valence-electron chi connectivity index (χ4n) is 2.64. The van der Waals surface area contributed by atoms with Gasteiger partial charge < -0.3 is 0 Å². The lowest BCUT2D eigenvalue weighted by atomic mass is 10.1. The van der Waals surface area contributed by atoms with Crippen molar-refractivity contribution in [1.29, 1.82) is 0 Å². The molecule has 6 nitrogen and oxygen atoms in total. The van der Waals surface area contributed by atoms with Crippen molar-refractivity contribution < 1.29 is 27.6 Å². The van der Waals surface area contributed by atoms with Crippen molar-refractivity contribution >= 4 is 35.4 Å². The second-order valence-corrected chi connectivity index (χ2v) is 6.07. The number of hydrogen-bond donors (Lipinski definition) is 1. The van der Waals surface area contributed by atoms with Crippen LogP contribution < -0.4 is 10.2 Å². The third-order valence-electron chi connectivity index (χ3n) is 4.07. The molecule has 9 heteroatoms. The minimum atomic E-state index is -4.64. The highest BCUT2D eigenvalue weighted by molar-refractivity contribution is 6.32. The first-order valence-corrected chi connectivity index (χ1v) is 8.14. The molecule has 0 aromatic heterocycles. The molecular formula is C19H14F3N3O3. The number of anilines is 1. The van der Waals surface area contributed by atoms with E-state index in [4.69, 9.17) is 0 Å². The summed E-state index contributed by atoms with van der Waals surface area (Å²) in [6.07, 6.45) is -3.83. The lowest BCUT2D eigenvalue weighted by Crippen LogP contribution is -2.58. The summed E-state index contributed by atoms with van der Waals surface area (Å²) in [5.41, 5.74) is -0.308. The topological polar surface area (TPSA) is 78.8 Å². The molecule has 1 fully saturated rings. The predicted octanol–water partition coefficient (Wildman–Crippen LogP) is 3.62. The second kappa shape index (κ2) is 7.26. The van der Waals surface area contributed by atoms with Crippen LogP contribution in [-0.4, -0.2) is 24.1 Å². The third-order valence-corrected chi connectivity index (χ3v) is 4.07. The Kier molecular flexibility index (Phi) is 5.00. The van der Waals surface area contributed by atoms with Crippen molar-refractivity contribution in [2.75, 3.05) is 4.90 Å². The van der Waals surface area contributed by atoms with Gasteiger partial charge in [-0.1, -0.05) is 29.8 Å². The summed E-state index contributed by atoms with van der Waals surface area (Å²) in [6, 6.07) is 9.99. The first-order chi connectivity index (χ1) is 13.2. The average Bonchev–Trinajstić information content (AvgIpc) is 2.62. The molecule has 0 aliphatic carbocycles. The highest BCUT2D eigenvalue weighted by atomic mass is 19.4. The normalized spacial score (nSPS) is 17.9. The van der Waals surface area contributed by atoms with E-state index in [0.717, 1.165) is 28.8 Å². The van der Waals surface area contributed by atoms with Crippen LogP contribution >= 0.6 is 0 Å². The van der Waals surface area contributed by atoms with E-state index in [1.54, 1.807) is 12.1 Å². The zero-order valence-electron chi connectivity index (χ0n) is 14.5. The molecule has 144 valence electrons. The summed E-state index contributed by atoms with van der Waals surface area (Å²) in [7, 11) is 0. The number of urea groups is 1. The molecule has 1 heterocycles. The van der Waals surface area contributed by atoms with Gasteiger partial charge in [0.1, 0.15) is 0 Å². The minimum Gasteiger partial charge on any atom is -0.276 e. The van der Waals surface area contributed by atoms with Crippen molar-refractivity contribution in [3.8, 4) is 0 Å². The van der Waals surface area contributed by atoms with Crippen LogP contribution in [0.3, 0.4) is 0 Å². The Morgan fingerprint density at radius 2 is 1.68 bits per heavy atom. The Balaban J connectivity index is 1.93. The number of rotatable bonds is 3. The summed E-state index contributed by atoms with van der Waals surface area (Å²) in [6.45, 7) is 1.82. The van der Waals surface area contributed by atoms with Crippen molar-refractivity contribution in [3.63, 3.8) is 0 Å². The fraction of sp³-hybridized carbons (Fsp3) is 0.158. The van der Waals surface area contributed by atoms with E-state index < -0.39 is 41.2 Å². The molecule has 28 heavy (non-hydrogen) atoms. The summed E-state index contributed by atoms with van der Waals surface area (Å²) in [5.74, 6) is -3.39. The summed E-state index contributed by atoms with van der Waals surface area (Å²) in [5, 5.41) is 2.02. The van der Waals surface area contributed by atoms with Crippen molar-refractivity contribution in [1.82, 2.24) is 5.32 Å². The maximum atomic E-state index is 13.1. The number of hydrogen-bond acceptors (Lipinski definition) is 4. The van der Waals surface area contributed by atoms with Gasteiger partial charge in [0.15, 0.2) is 5.92 Å². The quantitative estimate of drug-likeness (QED) is 0.643. The molecule has 1 aliphatic heterocycles. The van der Waals surface area contributed by atoms with Crippen LogP contribution in [0.1, 0.15) is 11.1 Å². The monoisotopic (exact) mass is 389 g/mol. The summed E-state index contributed by atoms with van der Waals surface area (Å²) in [4.78, 5) is 41.3. The number of amides is 4. The average molecular weight is 389 g/mol. The predicted molar refractivity (Wildman–Crippen MR) is 95.3 cm³/mol. The number of nitrogens with one attached hydrogen (secondary N) is 1. The zero-order chi connectivity index (χ0) is 20.5. The minimum absolute atomic E-state index is 0.231. The number of carbonyl (C=O) groups excluding carboxylic acids is 3. The van der Waals surface area contributed by atoms with E-state index in [9.17, 15) is 27.6 Å². The molecule has 2 aromatic carbocycles. The van der Waals surface area contributed by atoms with Crippen molar-refractivity contribution in [3.05, 3.63) is 59.7 Å². The van der Waals surface area contributed by atoms with Gasteiger partial charge in [-0.15, -0.1) is 0 Å². The van der Waals surface area contributed by atoms with E-state index >= 15 is 0 Å². The molecule has 1 atom stereocenters. The molecule has 0 radical (unpaired) electrons. The number of carbonyl (C=O) groups is 3. The number of barbiturate groups is 1. The maximum Gasteiger partial charge on any atom is 0.418 e. The standard InChI is InChI=1S/C19H14F3N3O3/c1-11-6-8-12(9-7-11)25-17(27)13(16(26)24-18(25)28)10-23-15-5-3-2-4-14(15)19(20,21)22/h2-10,13H,1H3,(H,24,26,28)/t13-/m0/s1. The Morgan fingerprint density at radius 3 is 2.32 bits per heavy atom. The summed E-state index contributed by atoms with van der Waals surface area (Å²) < 4.78 is 39.2. The lowest BCUT2D eigenvalue weighted by molar-refractivity contribution is -0.137. The van der Waals surface area contributed by atoms with Crippen LogP contribution in [0.25, 0.3) is 0 Å². The Labute approximate surface area is 157 Å². The number of aryl methyl sites for hydroxylation is 1. The SMILES string of the molecule is Cc1ccc(N2C(=O)NC(=O)[C@H](C=Nc3ccccc3C(F)(F)F)C2=O)cc1. The molecule has 2 aromatic rings. The van der Waals surface area contributed by atoms with Crippen LogP contribution in [0.5, 0.6) is 0 Å². The summed E-state index contributed by atoms with van der Waals surface area (Å²) >= 11 is 0. The van der Waals surface area contributed by atoms with Gasteiger partial charge in [0.25, 0.3) is 5.91 Å². The largest absolute Gasteiger partial charge is 0.418 e. The van der Waals surface area contributed by atoms with Crippen LogP contribution in [0, 0.1) is 12.8 Å². The van der Waals surface area contributed by atoms with E-state index in [1.807, 2.05) is 12.2 Å². The molecule has 3 rings (SSSR count). The number of halogens is 3. The van der Waals surface area contributed by atoms with Gasteiger partial charge in [-0.05, 0) is 31.2 Å². The number of alkyl halides is 3. The Bertz CT molecular complexity index is 968. The lowest BCUT2D eigenvalue weighted by Gasteiger charge is -2.28. The van der Waals surface area contributed by atoms with E-state index in [0.29, 0.717) is 0 Å². The fourth-order valence-corrected chi connectivity index (χ4v) is 2.64. The second-order valence-electron chi connectivity index (χ2n) is 6.07. The smallest absolute Gasteiger partial charge is 0.276 e. The first-order valence-electron chi connectivity index (χ1n) is 8.14. The van der Waals surface area contributed by atoms with Gasteiger partial charge in [-0.2, -0.15) is 13.2 Å². The van der Waals surface area contributed by atoms with E-state index in [1.165, 1.54) is 24.3 Å². The number of imide groups is 2. The highest BCUT2D eigenvalue weighted by Gasteiger charge is 2.40. The molecule has 0 unspecified atom stereocenters. The van der Waals surface area contributed by atoms with E-state index in [2.05, 4.69) is 4.99 Å². The van der Waals surface area contributed by atoms with Gasteiger partial charge in [0.05, 0.1) is 16.9 Å². The Hall–Kier alpha value is -3.49. The number of benzene rings is 2. The molecule has 0 saturated carbocycles. The van der Waals surface area contributed by atoms with Crippen LogP contribution in [0.15, 0.2) is 53.5 Å². The molecule has 1 aliphatic rings. The van der Waals surface area contributed by atoms with Crippen molar-refractivity contribution in [2.24, 2.45) is 10.9 Å². The van der Waals surface area contributed by atoms with Gasteiger partial charge in [0, 0.05) is 6.21 Å². The van der Waals surface area contributed by atoms with Crippen LogP contribution in [-0.2, 0) is 15.8 Å². The zero-order valence-corrected chi connectivity index (χ0v) is 14.5. The molecule has 0 spiro atoms. The van der Waals surface area contributed by atoms with Crippen LogP contribution in [0.2, 0.25) is 0 Å². The first kappa shape index (κ1) is 19.3. The molecule has 1 N–H and O–H groups in total. The number of nitrogens with zero attached hydrogens (tertiary/aromatic N) is 2. The maximum absolute atomic E-state index is 13.1. The van der Waals surface area contributed by atoms with Gasteiger partial charge in [-0.25, -0.2) is 9.69 Å². The van der Waals surface area contributed by atoms with Crippen molar-refractivity contribution in [2.45, 2.75) is 13.1 Å². The van der Waals surface area contributed by atoms with E-state index in [-0.39, 0.29) is 5.69 Å². The number of para-hydroxylation sites is 1. The molecule has 4 amide bonds. The molecular weight excluding hydrogens is 375 g/mol. The molecule has 0 bridgehead atoms. The Morgan fingerprint density at radius 1 is 1.04 bits per heavy atom. The van der Waals surface area contributed by atoms with Gasteiger partial charge in [0.2, 0.25) is 5.91 Å². The third kappa shape index (κ3) is 3.78. The van der Waals surface area contributed by atoms with Crippen LogP contribution in [0.4, 0.5) is 29.3 Å². The number of aliphatic imine (C=N–C) groups is 1. The molecule has 1 saturated heterocycles. The highest BCUT2D eigenvalue weighted by Crippen LogP contribution is 2.36. The van der Waals surface area contributed by atoms with Gasteiger partial charge >= 0.3 is 12.2 Å². The van der Waals surface area contributed by atoms with Gasteiger partial charge in [-0.3, -0.25) is 19.9 Å².